The second-order valence-electron chi connectivity index (χ2n) is 22.7. The van der Waals surface area contributed by atoms with Crippen molar-refractivity contribution < 1.29 is 0 Å². The summed E-state index contributed by atoms with van der Waals surface area (Å²) in [6.45, 7) is 12.9. The second kappa shape index (κ2) is 23.5. The van der Waals surface area contributed by atoms with E-state index in [4.69, 9.17) is 25.0 Å². The van der Waals surface area contributed by atoms with Crippen LogP contribution in [-0.2, 0) is 0 Å². The van der Waals surface area contributed by atoms with Crippen molar-refractivity contribution >= 4 is 146 Å². The van der Waals surface area contributed by atoms with Gasteiger partial charge in [-0.15, -0.1) is 0 Å². The van der Waals surface area contributed by atoms with Crippen molar-refractivity contribution in [3.8, 4) is 0 Å². The zero-order chi connectivity index (χ0) is 60.0. The van der Waals surface area contributed by atoms with Crippen LogP contribution in [0.15, 0.2) is 290 Å². The third-order valence-electron chi connectivity index (χ3n) is 16.2. The predicted molar refractivity (Wildman–Crippen MR) is 373 cm³/mol. The van der Waals surface area contributed by atoms with Gasteiger partial charge in [0.25, 0.3) is 0 Å². The van der Waals surface area contributed by atoms with E-state index in [1.807, 2.05) is 0 Å². The maximum atomic E-state index is 6.16. The molecule has 6 bridgehead atoms. The molecule has 1 atom stereocenters. The van der Waals surface area contributed by atoms with Crippen LogP contribution in [0.4, 0.5) is 11.6 Å². The molecule has 0 saturated carbocycles. The van der Waals surface area contributed by atoms with Crippen LogP contribution in [0.2, 0.25) is 0 Å². The monoisotopic (exact) mass is 1450 g/mol. The van der Waals surface area contributed by atoms with Crippen molar-refractivity contribution in [3.05, 3.63) is 273 Å². The molecule has 8 nitrogen and oxygen atoms in total. The van der Waals surface area contributed by atoms with Gasteiger partial charge >= 0.3 is 560 Å². The van der Waals surface area contributed by atoms with Gasteiger partial charge in [0.15, 0.2) is 0 Å². The number of aryl methyl sites for hydroxylation is 6. The van der Waals surface area contributed by atoms with E-state index in [0.29, 0.717) is 17.5 Å². The molecule has 0 aliphatic carbocycles. The number of anilines is 1. The van der Waals surface area contributed by atoms with Crippen molar-refractivity contribution in [2.75, 3.05) is 5.32 Å². The first-order valence-corrected chi connectivity index (χ1v) is 37.8. The molecule has 2 radical (unpaired) electrons. The summed E-state index contributed by atoms with van der Waals surface area (Å²) >= 11 is 8.01. The number of fused-ring (bicyclic) bond motifs is 14. The number of aromatic nitrogens is 2. The van der Waals surface area contributed by atoms with Crippen LogP contribution in [0.3, 0.4) is 0 Å². The van der Waals surface area contributed by atoms with Crippen molar-refractivity contribution in [1.29, 1.82) is 0 Å². The number of nitrogens with one attached hydrogen (secondary N) is 1. The molecular weight excluding hydrogens is 1400 g/mol. The number of benzene rings is 10. The minimum absolute atomic E-state index is 0.508. The fourth-order valence-corrected chi connectivity index (χ4v) is 22.3. The van der Waals surface area contributed by atoms with Crippen molar-refractivity contribution in [2.45, 2.75) is 106 Å². The van der Waals surface area contributed by atoms with Gasteiger partial charge in [0.05, 0.1) is 0 Å². The number of amidine groups is 3. The van der Waals surface area contributed by atoms with Gasteiger partial charge in [0.2, 0.25) is 0 Å². The van der Waals surface area contributed by atoms with Crippen molar-refractivity contribution in [1.82, 2.24) is 4.75 Å². The summed E-state index contributed by atoms with van der Waals surface area (Å²) in [4.78, 5) is 43.2. The van der Waals surface area contributed by atoms with E-state index in [2.05, 4.69) is 258 Å². The Hall–Kier alpha value is -7.29. The summed E-state index contributed by atoms with van der Waals surface area (Å²) < 4.78 is 5.08. The number of nitrogens with zero attached hydrogens (tertiary/aromatic N) is 7. The Kier molecular flexibility index (Phi) is 15.0. The Morgan fingerprint density at radius 1 is 0.337 bits per heavy atom. The fraction of sp³-hybridized carbons (Fsp3) is 0.0946. The third-order valence-corrected chi connectivity index (χ3v) is 27.5. The van der Waals surface area contributed by atoms with Crippen LogP contribution in [-0.4, -0.2) is 47.1 Å². The van der Waals surface area contributed by atoms with Crippen LogP contribution >= 0.6 is 70.6 Å². The first kappa shape index (κ1) is 56.9. The van der Waals surface area contributed by atoms with E-state index in [1.54, 1.807) is 70.6 Å². The Labute approximate surface area is 555 Å². The standard InChI is InChI=1S/C74H54N8S6.Pb/c1-41-11-23-47(24-12-41)83-55-35-37-57(85-49-27-15-43(3)16-28-49)63-61(55)69-76-67-53-9-7-8-10-54(53)68(75-67)77-70-62-56(84-48-25-13-42(2)14-26-48)36-38-58(86-50-29-17-44(4)18-30-50)64(62)72(79-70)81-74-66-60(88-52-33-21-46(6)22-34-52)40-39-59(87-51-31-19-45(5)20-32-51)65(66)73(82-74)80-71(63)78-69;/h7-40,69,76H,1-6H3;/q-2;+2. The van der Waals surface area contributed by atoms with Gasteiger partial charge in [-0.2, -0.15) is 0 Å². The van der Waals surface area contributed by atoms with E-state index in [-0.39, 0.29) is 0 Å². The average Bonchev–Trinajstić information content (AvgIpc) is 1.59. The molecule has 89 heavy (non-hydrogen) atoms. The molecule has 1 unspecified atom stereocenters. The minimum atomic E-state index is -2.60. The molecule has 4 aliphatic heterocycles. The molecule has 0 fully saturated rings. The van der Waals surface area contributed by atoms with Gasteiger partial charge in [-0.25, -0.2) is 0 Å². The van der Waals surface area contributed by atoms with Gasteiger partial charge < -0.3 is 0 Å². The quantitative estimate of drug-likeness (QED) is 0.122. The van der Waals surface area contributed by atoms with Gasteiger partial charge in [0.1, 0.15) is 0 Å². The molecule has 4 aliphatic rings. The van der Waals surface area contributed by atoms with Crippen LogP contribution in [0.1, 0.15) is 61.8 Å². The van der Waals surface area contributed by atoms with Gasteiger partial charge in [-0.3, -0.25) is 0 Å². The zero-order valence-electron chi connectivity index (χ0n) is 49.3. The Bertz CT molecular complexity index is 5110. The van der Waals surface area contributed by atoms with E-state index >= 15 is 0 Å². The predicted octanol–water partition coefficient (Wildman–Crippen LogP) is 19.3. The summed E-state index contributed by atoms with van der Waals surface area (Å²) in [5, 5.41) is 8.40. The van der Waals surface area contributed by atoms with Crippen LogP contribution in [0.25, 0.3) is 21.5 Å². The molecule has 10 aromatic carbocycles. The SMILES string of the molecule is Cc1ccc(Sc2ccc(Sc3ccc(C)cc3)c3c2C2=N/C3=N\c3c4ccccc4c4[n]3[Pb][n]3c(c5c(Sc6ccc(C)cc6)ccc(Sc6ccc(C)cc6)c5c3=NC3=NC(N4)c4c(Sc5ccc(C)cc5)ccc(Sc5ccc(C)cc5)c43)=N2)cc1. The fourth-order valence-electron chi connectivity index (χ4n) is 11.6. The summed E-state index contributed by atoms with van der Waals surface area (Å²) in [6.07, 6.45) is -0.508. The second-order valence-corrected chi connectivity index (χ2v) is 33.6. The van der Waals surface area contributed by atoms with Crippen LogP contribution in [0, 0.1) is 41.5 Å². The molecular formula is C74H54N8PbS6. The number of hydrogen-bond donors (Lipinski definition) is 1. The average molecular weight is 1450 g/mol. The molecule has 6 heterocycles. The summed E-state index contributed by atoms with van der Waals surface area (Å²) in [5.74, 6) is 3.81. The van der Waals surface area contributed by atoms with Gasteiger partial charge in [-0.05, 0) is 0 Å². The molecule has 12 aromatic rings. The van der Waals surface area contributed by atoms with E-state index < -0.39 is 31.0 Å². The molecule has 0 spiro atoms. The molecule has 1 N–H and O–H groups in total. The Morgan fingerprint density at radius 3 is 1.12 bits per heavy atom. The maximum absolute atomic E-state index is 6.16. The molecule has 0 saturated heterocycles. The van der Waals surface area contributed by atoms with Crippen LogP contribution in [0.5, 0.6) is 0 Å². The first-order chi connectivity index (χ1) is 43.5. The molecule has 16 rings (SSSR count). The molecule has 15 heteroatoms. The molecule has 2 aromatic heterocycles. The summed E-state index contributed by atoms with van der Waals surface area (Å²) in [5.41, 5.74) is 13.1. The van der Waals surface area contributed by atoms with Gasteiger partial charge in [0, 0.05) is 0 Å². The topological polar surface area (TPSA) is 83.7 Å². The van der Waals surface area contributed by atoms with Crippen LogP contribution < -0.4 is 16.3 Å². The van der Waals surface area contributed by atoms with E-state index in [1.165, 1.54) is 33.4 Å². The van der Waals surface area contributed by atoms with Crippen molar-refractivity contribution in [2.24, 2.45) is 25.0 Å². The van der Waals surface area contributed by atoms with Crippen molar-refractivity contribution in [3.63, 3.8) is 0 Å². The number of aliphatic imine (C=N–C) groups is 3. The molecule has 0 amide bonds. The summed E-state index contributed by atoms with van der Waals surface area (Å²) in [6, 6.07) is 75.6. The normalized spacial score (nSPS) is 14.9. The molecule has 430 valence electrons. The summed E-state index contributed by atoms with van der Waals surface area (Å²) in [7, 11) is 0. The van der Waals surface area contributed by atoms with E-state index in [9.17, 15) is 0 Å². The zero-order valence-corrected chi connectivity index (χ0v) is 58.1. The number of rotatable bonds is 12. The first-order valence-electron chi connectivity index (χ1n) is 29.4. The Morgan fingerprint density at radius 2 is 0.685 bits per heavy atom. The third kappa shape index (κ3) is 10.8. The number of hydrogen-bond acceptors (Lipinski definition) is 12. The Balaban J connectivity index is 1.05. The van der Waals surface area contributed by atoms with E-state index in [0.717, 1.165) is 125 Å². The van der Waals surface area contributed by atoms with Gasteiger partial charge in [-0.1, -0.05) is 0 Å².